The van der Waals surface area contributed by atoms with Gasteiger partial charge in [0.15, 0.2) is 11.6 Å². The molecule has 9 heteroatoms. The van der Waals surface area contributed by atoms with Gasteiger partial charge in [0.2, 0.25) is 0 Å². The van der Waals surface area contributed by atoms with Crippen molar-refractivity contribution in [3.63, 3.8) is 0 Å². The van der Waals surface area contributed by atoms with Crippen molar-refractivity contribution in [2.24, 2.45) is 0 Å². The van der Waals surface area contributed by atoms with Crippen molar-refractivity contribution in [1.82, 2.24) is 9.88 Å². The summed E-state index contributed by atoms with van der Waals surface area (Å²) in [7, 11) is 0. The molecule has 1 aromatic carbocycles. The summed E-state index contributed by atoms with van der Waals surface area (Å²) >= 11 is 5.71. The summed E-state index contributed by atoms with van der Waals surface area (Å²) in [5.74, 6) is -2.89. The fourth-order valence-electron chi connectivity index (χ4n) is 2.94. The molecule has 0 saturated carbocycles. The highest BCUT2D eigenvalue weighted by molar-refractivity contribution is 6.30. The maximum atomic E-state index is 14.4. The molecule has 0 bridgehead atoms. The second-order valence-corrected chi connectivity index (χ2v) is 8.47. The Morgan fingerprint density at radius 1 is 1.16 bits per heavy atom. The molecule has 0 spiro atoms. The Bertz CT molecular complexity index is 1020. The number of nitrogens with zero attached hydrogens (tertiary/aromatic N) is 2. The van der Waals surface area contributed by atoms with Crippen LogP contribution < -0.4 is 4.74 Å². The smallest absolute Gasteiger partial charge is 0.410 e. The Kier molecular flexibility index (Phi) is 6.79. The lowest BCUT2D eigenvalue weighted by atomic mass is 10.0. The van der Waals surface area contributed by atoms with E-state index < -0.39 is 35.0 Å². The molecule has 0 radical (unpaired) electrons. The summed E-state index contributed by atoms with van der Waals surface area (Å²) in [4.78, 5) is 17.6. The van der Waals surface area contributed by atoms with E-state index in [0.717, 1.165) is 6.07 Å². The largest absolute Gasteiger partial charge is 0.471 e. The average Bonchev–Trinajstić information content (AvgIpc) is 2.67. The minimum Gasteiger partial charge on any atom is -0.471 e. The van der Waals surface area contributed by atoms with Crippen LogP contribution in [0.2, 0.25) is 5.02 Å². The zero-order valence-corrected chi connectivity index (χ0v) is 18.1. The highest BCUT2D eigenvalue weighted by Crippen LogP contribution is 2.28. The first-order valence-corrected chi connectivity index (χ1v) is 10.0. The molecule has 0 N–H and O–H groups in total. The van der Waals surface area contributed by atoms with E-state index >= 15 is 0 Å². The van der Waals surface area contributed by atoms with Crippen molar-refractivity contribution in [3.05, 3.63) is 64.1 Å². The molecule has 0 unspecified atom stereocenters. The lowest BCUT2D eigenvalue weighted by Crippen LogP contribution is -2.39. The van der Waals surface area contributed by atoms with Gasteiger partial charge in [-0.2, -0.15) is 0 Å². The molecule has 5 nitrogen and oxygen atoms in total. The van der Waals surface area contributed by atoms with Gasteiger partial charge in [-0.25, -0.2) is 22.9 Å². The van der Waals surface area contributed by atoms with Crippen LogP contribution in [0.1, 0.15) is 38.4 Å². The van der Waals surface area contributed by atoms with Gasteiger partial charge < -0.3 is 14.4 Å². The molecular formula is C22H22ClF3N2O3. The number of aromatic nitrogens is 1. The van der Waals surface area contributed by atoms with Crippen molar-refractivity contribution >= 4 is 23.3 Å². The summed E-state index contributed by atoms with van der Waals surface area (Å²) < 4.78 is 53.1. The lowest BCUT2D eigenvalue weighted by Gasteiger charge is -2.29. The normalized spacial score (nSPS) is 14.3. The third-order valence-corrected chi connectivity index (χ3v) is 4.68. The standard InChI is InChI=1S/C22H22ClF3N2O3/c1-22(2,3)31-21(29)28-8-6-13(7-9-28)19-17(25)11-18(26)20(27-19)30-12-14-4-5-15(23)10-16(14)24/h4-6,10-11H,7-9,12H2,1-3H3. The van der Waals surface area contributed by atoms with Crippen LogP contribution in [0.3, 0.4) is 0 Å². The number of rotatable bonds is 4. The van der Waals surface area contributed by atoms with E-state index in [-0.39, 0.29) is 29.4 Å². The number of benzene rings is 1. The first-order chi connectivity index (χ1) is 14.5. The Hall–Kier alpha value is -2.74. The molecule has 166 valence electrons. The van der Waals surface area contributed by atoms with E-state index in [2.05, 4.69) is 4.98 Å². The molecule has 0 aliphatic carbocycles. The van der Waals surface area contributed by atoms with E-state index in [1.165, 1.54) is 17.0 Å². The van der Waals surface area contributed by atoms with Gasteiger partial charge in [-0.15, -0.1) is 0 Å². The Morgan fingerprint density at radius 3 is 2.52 bits per heavy atom. The predicted molar refractivity (Wildman–Crippen MR) is 110 cm³/mol. The molecule has 1 aromatic heterocycles. The number of hydrogen-bond donors (Lipinski definition) is 0. The Morgan fingerprint density at radius 2 is 1.90 bits per heavy atom. The van der Waals surface area contributed by atoms with E-state index in [1.807, 2.05) is 0 Å². The average molecular weight is 455 g/mol. The van der Waals surface area contributed by atoms with E-state index in [0.29, 0.717) is 24.6 Å². The second-order valence-electron chi connectivity index (χ2n) is 8.04. The third kappa shape index (κ3) is 5.91. The third-order valence-electron chi connectivity index (χ3n) is 4.44. The van der Waals surface area contributed by atoms with Crippen LogP contribution in [0.25, 0.3) is 5.57 Å². The summed E-state index contributed by atoms with van der Waals surface area (Å²) in [5, 5.41) is 0.222. The van der Waals surface area contributed by atoms with Crippen molar-refractivity contribution in [2.75, 3.05) is 13.1 Å². The zero-order chi connectivity index (χ0) is 22.8. The highest BCUT2D eigenvalue weighted by atomic mass is 35.5. The van der Waals surface area contributed by atoms with Gasteiger partial charge in [-0.3, -0.25) is 0 Å². The van der Waals surface area contributed by atoms with E-state index in [9.17, 15) is 18.0 Å². The van der Waals surface area contributed by atoms with E-state index in [1.54, 1.807) is 26.8 Å². The Balaban J connectivity index is 1.74. The molecule has 1 amide bonds. The topological polar surface area (TPSA) is 51.7 Å². The first-order valence-electron chi connectivity index (χ1n) is 9.63. The number of carbonyl (C=O) groups excluding carboxylic acids is 1. The quantitative estimate of drug-likeness (QED) is 0.589. The number of carbonyl (C=O) groups is 1. The Labute approximate surface area is 183 Å². The fourth-order valence-corrected chi connectivity index (χ4v) is 3.10. The van der Waals surface area contributed by atoms with Crippen molar-refractivity contribution < 1.29 is 27.4 Å². The second kappa shape index (κ2) is 9.18. The summed E-state index contributed by atoms with van der Waals surface area (Å²) in [6, 6.07) is 4.68. The maximum absolute atomic E-state index is 14.4. The van der Waals surface area contributed by atoms with Crippen LogP contribution in [-0.2, 0) is 11.3 Å². The summed E-state index contributed by atoms with van der Waals surface area (Å²) in [5.41, 5.74) is -0.0281. The fraction of sp³-hybridized carbons (Fsp3) is 0.364. The molecular weight excluding hydrogens is 433 g/mol. The number of hydrogen-bond acceptors (Lipinski definition) is 4. The van der Waals surface area contributed by atoms with Gasteiger partial charge in [-0.1, -0.05) is 23.7 Å². The van der Waals surface area contributed by atoms with Gasteiger partial charge in [0.1, 0.15) is 23.7 Å². The molecule has 0 fully saturated rings. The van der Waals surface area contributed by atoms with Gasteiger partial charge in [0.05, 0.1) is 0 Å². The monoisotopic (exact) mass is 454 g/mol. The molecule has 1 aliphatic rings. The number of amides is 1. The van der Waals surface area contributed by atoms with Crippen LogP contribution in [0, 0.1) is 17.5 Å². The maximum Gasteiger partial charge on any atom is 0.410 e. The van der Waals surface area contributed by atoms with Gasteiger partial charge >= 0.3 is 6.09 Å². The minimum atomic E-state index is -0.998. The molecule has 2 heterocycles. The number of halogens is 4. The number of ether oxygens (including phenoxy) is 2. The lowest BCUT2D eigenvalue weighted by molar-refractivity contribution is 0.0270. The van der Waals surface area contributed by atoms with Crippen LogP contribution in [-0.4, -0.2) is 34.7 Å². The first kappa shape index (κ1) is 22.9. The molecule has 1 aliphatic heterocycles. The molecule has 3 rings (SSSR count). The SMILES string of the molecule is CC(C)(C)OC(=O)N1CC=C(c2nc(OCc3ccc(Cl)cc3F)c(F)cc2F)CC1. The van der Waals surface area contributed by atoms with Crippen LogP contribution in [0.4, 0.5) is 18.0 Å². The van der Waals surface area contributed by atoms with Crippen molar-refractivity contribution in [1.29, 1.82) is 0 Å². The van der Waals surface area contributed by atoms with Crippen molar-refractivity contribution in [2.45, 2.75) is 39.4 Å². The predicted octanol–water partition coefficient (Wildman–Crippen LogP) is 5.76. The minimum absolute atomic E-state index is 0.0724. The van der Waals surface area contributed by atoms with Crippen LogP contribution in [0.5, 0.6) is 5.88 Å². The highest BCUT2D eigenvalue weighted by Gasteiger charge is 2.25. The molecule has 2 aromatic rings. The van der Waals surface area contributed by atoms with Crippen LogP contribution >= 0.6 is 11.6 Å². The summed E-state index contributed by atoms with van der Waals surface area (Å²) in [6.45, 7) is 5.51. The molecule has 31 heavy (non-hydrogen) atoms. The van der Waals surface area contributed by atoms with Crippen LogP contribution in [0.15, 0.2) is 30.3 Å². The van der Waals surface area contributed by atoms with Crippen molar-refractivity contribution in [3.8, 4) is 5.88 Å². The molecule has 0 saturated heterocycles. The summed E-state index contributed by atoms with van der Waals surface area (Å²) in [6.07, 6.45) is 1.48. The van der Waals surface area contributed by atoms with E-state index in [4.69, 9.17) is 21.1 Å². The number of pyridine rings is 1. The zero-order valence-electron chi connectivity index (χ0n) is 17.3. The van der Waals surface area contributed by atoms with Gasteiger partial charge in [0.25, 0.3) is 5.88 Å². The molecule has 0 atom stereocenters. The van der Waals surface area contributed by atoms with Gasteiger partial charge in [0, 0.05) is 29.7 Å². The van der Waals surface area contributed by atoms with Gasteiger partial charge in [-0.05, 0) is 44.9 Å².